The van der Waals surface area contributed by atoms with Crippen LogP contribution in [-0.4, -0.2) is 21.0 Å². The van der Waals surface area contributed by atoms with Gasteiger partial charge in [-0.15, -0.1) is 0 Å². The van der Waals surface area contributed by atoms with E-state index in [1.54, 1.807) is 24.3 Å². The third-order valence-corrected chi connectivity index (χ3v) is 4.65. The number of carboxylic acid groups (broad SMARTS) is 1. The van der Waals surface area contributed by atoms with Crippen LogP contribution in [0.25, 0.3) is 22.5 Å². The average molecular weight is 360 g/mol. The molecule has 0 radical (unpaired) electrons. The van der Waals surface area contributed by atoms with E-state index in [0.29, 0.717) is 0 Å². The van der Waals surface area contributed by atoms with E-state index in [9.17, 15) is 4.79 Å². The van der Waals surface area contributed by atoms with Crippen LogP contribution < -0.4 is 0 Å². The zero-order valence-electron chi connectivity index (χ0n) is 15.8. The maximum absolute atomic E-state index is 11.1. The summed E-state index contributed by atoms with van der Waals surface area (Å²) in [6.45, 7) is 4.29. The van der Waals surface area contributed by atoms with Gasteiger partial charge in [-0.05, 0) is 37.0 Å². The summed E-state index contributed by atoms with van der Waals surface area (Å²) in [4.78, 5) is 20.7. The normalized spacial score (nSPS) is 10.7. The molecule has 0 spiro atoms. The molecule has 0 unspecified atom stereocenters. The molecule has 0 aliphatic heterocycles. The van der Waals surface area contributed by atoms with Crippen LogP contribution in [0.1, 0.15) is 48.3 Å². The molecule has 0 bridgehead atoms. The second-order valence-corrected chi connectivity index (χ2v) is 6.60. The first-order valence-electron chi connectivity index (χ1n) is 9.41. The molecule has 1 heterocycles. The van der Waals surface area contributed by atoms with Crippen molar-refractivity contribution in [1.82, 2.24) is 9.97 Å². The van der Waals surface area contributed by atoms with Crippen molar-refractivity contribution in [1.29, 1.82) is 0 Å². The predicted octanol–water partition coefficient (Wildman–Crippen LogP) is 5.41. The van der Waals surface area contributed by atoms with Crippen LogP contribution >= 0.6 is 0 Å². The van der Waals surface area contributed by atoms with Gasteiger partial charge in [-0.1, -0.05) is 56.7 Å². The lowest BCUT2D eigenvalue weighted by molar-refractivity contribution is 0.0697. The minimum Gasteiger partial charge on any atom is -0.478 e. The predicted molar refractivity (Wildman–Crippen MR) is 108 cm³/mol. The number of benzene rings is 2. The van der Waals surface area contributed by atoms with E-state index in [0.717, 1.165) is 53.9 Å². The molecule has 138 valence electrons. The Balaban J connectivity index is 2.07. The van der Waals surface area contributed by atoms with E-state index >= 15 is 0 Å². The van der Waals surface area contributed by atoms with E-state index < -0.39 is 5.97 Å². The Morgan fingerprint density at radius 3 is 2.15 bits per heavy atom. The van der Waals surface area contributed by atoms with Crippen molar-refractivity contribution >= 4 is 5.97 Å². The zero-order chi connectivity index (χ0) is 19.2. The van der Waals surface area contributed by atoms with Gasteiger partial charge in [0.05, 0.1) is 22.6 Å². The molecule has 0 aliphatic carbocycles. The van der Waals surface area contributed by atoms with E-state index in [1.807, 2.05) is 6.20 Å². The van der Waals surface area contributed by atoms with Gasteiger partial charge in [0.25, 0.3) is 0 Å². The molecule has 4 nitrogen and oxygen atoms in total. The molecule has 0 aliphatic rings. The highest BCUT2D eigenvalue weighted by molar-refractivity contribution is 5.88. The van der Waals surface area contributed by atoms with Gasteiger partial charge in [-0.3, -0.25) is 4.98 Å². The van der Waals surface area contributed by atoms with Gasteiger partial charge in [-0.25, -0.2) is 9.78 Å². The Morgan fingerprint density at radius 2 is 1.56 bits per heavy atom. The van der Waals surface area contributed by atoms with Crippen LogP contribution in [0.4, 0.5) is 0 Å². The highest BCUT2D eigenvalue weighted by Crippen LogP contribution is 2.29. The largest absolute Gasteiger partial charge is 0.478 e. The first kappa shape index (κ1) is 18.8. The number of unbranched alkanes of at least 4 members (excludes halogenated alkanes) is 1. The van der Waals surface area contributed by atoms with Crippen LogP contribution in [-0.2, 0) is 12.8 Å². The van der Waals surface area contributed by atoms with Crippen molar-refractivity contribution in [3.8, 4) is 22.5 Å². The van der Waals surface area contributed by atoms with E-state index in [2.05, 4.69) is 38.1 Å². The summed E-state index contributed by atoms with van der Waals surface area (Å²) in [5, 5.41) is 9.14. The second kappa shape index (κ2) is 8.58. The number of carboxylic acids is 1. The second-order valence-electron chi connectivity index (χ2n) is 6.60. The lowest BCUT2D eigenvalue weighted by atomic mass is 10.0. The molecule has 2 aromatic carbocycles. The third-order valence-electron chi connectivity index (χ3n) is 4.65. The number of aromatic nitrogens is 2. The Hall–Kier alpha value is -3.01. The van der Waals surface area contributed by atoms with E-state index in [-0.39, 0.29) is 5.56 Å². The lowest BCUT2D eigenvalue weighted by Crippen LogP contribution is -2.00. The summed E-state index contributed by atoms with van der Waals surface area (Å²) in [5.41, 5.74) is 6.01. The number of nitrogens with zero attached hydrogens (tertiary/aromatic N) is 2. The lowest BCUT2D eigenvalue weighted by Gasteiger charge is -2.11. The van der Waals surface area contributed by atoms with Crippen molar-refractivity contribution in [2.75, 3.05) is 0 Å². The first-order chi connectivity index (χ1) is 13.1. The summed E-state index contributed by atoms with van der Waals surface area (Å²) in [5.74, 6) is -0.931. The SMILES string of the molecule is CCCCc1cnc(-c2ccc(CC)cc2)c(-c2ccc(C(=O)O)cc2)n1. The smallest absolute Gasteiger partial charge is 0.335 e. The highest BCUT2D eigenvalue weighted by Gasteiger charge is 2.13. The van der Waals surface area contributed by atoms with Crippen LogP contribution in [0.5, 0.6) is 0 Å². The van der Waals surface area contributed by atoms with Gasteiger partial charge in [0.15, 0.2) is 0 Å². The third kappa shape index (κ3) is 4.40. The summed E-state index contributed by atoms with van der Waals surface area (Å²) < 4.78 is 0. The highest BCUT2D eigenvalue weighted by atomic mass is 16.4. The van der Waals surface area contributed by atoms with Crippen molar-refractivity contribution in [3.63, 3.8) is 0 Å². The molecule has 1 N–H and O–H groups in total. The molecule has 0 saturated carbocycles. The van der Waals surface area contributed by atoms with E-state index in [1.165, 1.54) is 5.56 Å². The number of aryl methyl sites for hydroxylation is 2. The van der Waals surface area contributed by atoms with Crippen molar-refractivity contribution in [2.45, 2.75) is 39.5 Å². The fourth-order valence-corrected chi connectivity index (χ4v) is 2.99. The minimum absolute atomic E-state index is 0.266. The molecule has 3 aromatic rings. The Labute approximate surface area is 159 Å². The molecule has 0 amide bonds. The summed E-state index contributed by atoms with van der Waals surface area (Å²) >= 11 is 0. The molecule has 0 fully saturated rings. The topological polar surface area (TPSA) is 63.1 Å². The van der Waals surface area contributed by atoms with Gasteiger partial charge < -0.3 is 5.11 Å². The maximum atomic E-state index is 11.1. The number of carbonyl (C=O) groups is 1. The van der Waals surface area contributed by atoms with Crippen molar-refractivity contribution < 1.29 is 9.90 Å². The van der Waals surface area contributed by atoms with Crippen molar-refractivity contribution in [2.24, 2.45) is 0 Å². The fraction of sp³-hybridized carbons (Fsp3) is 0.261. The molecule has 1 aromatic heterocycles. The molecule has 4 heteroatoms. The van der Waals surface area contributed by atoms with Crippen LogP contribution in [0.15, 0.2) is 54.7 Å². The van der Waals surface area contributed by atoms with Crippen LogP contribution in [0, 0.1) is 0 Å². The molecular formula is C23H24N2O2. The molecule has 3 rings (SSSR count). The monoisotopic (exact) mass is 360 g/mol. The standard InChI is InChI=1S/C23H24N2O2/c1-3-5-6-20-15-24-21(17-9-7-16(4-2)8-10-17)22(25-20)18-11-13-19(14-12-18)23(26)27/h7-15H,3-6H2,1-2H3,(H,26,27). The van der Waals surface area contributed by atoms with Gasteiger partial charge in [0.1, 0.15) is 0 Å². The average Bonchev–Trinajstić information content (AvgIpc) is 2.72. The molecule has 0 saturated heterocycles. The van der Waals surface area contributed by atoms with Gasteiger partial charge in [0, 0.05) is 17.3 Å². The molecule has 27 heavy (non-hydrogen) atoms. The summed E-state index contributed by atoms with van der Waals surface area (Å²) in [6, 6.07) is 15.2. The van der Waals surface area contributed by atoms with E-state index in [4.69, 9.17) is 15.1 Å². The summed E-state index contributed by atoms with van der Waals surface area (Å²) in [7, 11) is 0. The van der Waals surface area contributed by atoms with Crippen LogP contribution in [0.3, 0.4) is 0 Å². The maximum Gasteiger partial charge on any atom is 0.335 e. The quantitative estimate of drug-likeness (QED) is 0.611. The molecular weight excluding hydrogens is 336 g/mol. The molecule has 0 atom stereocenters. The zero-order valence-corrected chi connectivity index (χ0v) is 15.8. The van der Waals surface area contributed by atoms with Crippen LogP contribution in [0.2, 0.25) is 0 Å². The number of hydrogen-bond donors (Lipinski definition) is 1. The summed E-state index contributed by atoms with van der Waals surface area (Å²) in [6.07, 6.45) is 5.90. The minimum atomic E-state index is -0.931. The van der Waals surface area contributed by atoms with Gasteiger partial charge in [-0.2, -0.15) is 0 Å². The number of aromatic carboxylic acids is 1. The number of hydrogen-bond acceptors (Lipinski definition) is 3. The fourth-order valence-electron chi connectivity index (χ4n) is 2.99. The Bertz CT molecular complexity index is 916. The Kier molecular flexibility index (Phi) is 5.97. The number of rotatable bonds is 7. The van der Waals surface area contributed by atoms with Gasteiger partial charge in [0.2, 0.25) is 0 Å². The Morgan fingerprint density at radius 1 is 0.926 bits per heavy atom. The van der Waals surface area contributed by atoms with Crippen molar-refractivity contribution in [3.05, 3.63) is 71.5 Å². The first-order valence-corrected chi connectivity index (χ1v) is 9.41. The van der Waals surface area contributed by atoms with Gasteiger partial charge >= 0.3 is 5.97 Å².